The van der Waals surface area contributed by atoms with Crippen molar-refractivity contribution in [3.05, 3.63) is 83.4 Å². The Morgan fingerprint density at radius 2 is 1.41 bits per heavy atom. The smallest absolute Gasteiger partial charge is 0.335 e. The highest BCUT2D eigenvalue weighted by atomic mass is 19.4. The van der Waals surface area contributed by atoms with Crippen molar-refractivity contribution in [2.75, 3.05) is 26.2 Å². The molecule has 0 unspecified atom stereocenters. The summed E-state index contributed by atoms with van der Waals surface area (Å²) in [6.45, 7) is 1.25. The number of nitrogens with zero attached hydrogens (tertiary/aromatic N) is 4. The molecular formula is C22H18F4N4O2. The maximum atomic E-state index is 13.4. The van der Waals surface area contributed by atoms with Gasteiger partial charge in [0.25, 0.3) is 11.8 Å². The molecule has 1 aliphatic rings. The number of aromatic nitrogens is 2. The lowest BCUT2D eigenvalue weighted by molar-refractivity contribution is -0.141. The van der Waals surface area contributed by atoms with Crippen molar-refractivity contribution in [1.82, 2.24) is 19.6 Å². The Morgan fingerprint density at radius 1 is 0.812 bits per heavy atom. The van der Waals surface area contributed by atoms with Gasteiger partial charge in [0.05, 0.1) is 5.69 Å². The lowest BCUT2D eigenvalue weighted by Gasteiger charge is -2.35. The number of alkyl halides is 3. The molecule has 6 nitrogen and oxygen atoms in total. The van der Waals surface area contributed by atoms with Crippen LogP contribution in [0.1, 0.15) is 26.4 Å². The Balaban J connectivity index is 1.38. The number of piperazine rings is 1. The zero-order valence-corrected chi connectivity index (χ0v) is 16.7. The number of benzene rings is 2. The summed E-state index contributed by atoms with van der Waals surface area (Å²) in [5.41, 5.74) is 0.0281. The van der Waals surface area contributed by atoms with Gasteiger partial charge >= 0.3 is 6.18 Å². The van der Waals surface area contributed by atoms with Gasteiger partial charge in [0.2, 0.25) is 0 Å². The van der Waals surface area contributed by atoms with E-state index in [0.717, 1.165) is 10.7 Å². The molecule has 0 saturated carbocycles. The molecular weight excluding hydrogens is 428 g/mol. The molecule has 1 aromatic heterocycles. The summed E-state index contributed by atoms with van der Waals surface area (Å²) >= 11 is 0. The summed E-state index contributed by atoms with van der Waals surface area (Å²) in [6, 6.07) is 12.4. The van der Waals surface area contributed by atoms with Crippen LogP contribution >= 0.6 is 0 Å². The first-order valence-electron chi connectivity index (χ1n) is 9.80. The second-order valence-electron chi connectivity index (χ2n) is 7.28. The largest absolute Gasteiger partial charge is 0.435 e. The molecule has 0 spiro atoms. The fraction of sp³-hybridized carbons (Fsp3) is 0.227. The number of hydrogen-bond acceptors (Lipinski definition) is 3. The van der Waals surface area contributed by atoms with E-state index in [0.29, 0.717) is 37.4 Å². The second-order valence-corrected chi connectivity index (χ2v) is 7.28. The van der Waals surface area contributed by atoms with Gasteiger partial charge < -0.3 is 9.80 Å². The van der Waals surface area contributed by atoms with E-state index < -0.39 is 17.7 Å². The summed E-state index contributed by atoms with van der Waals surface area (Å²) in [5, 5.41) is 3.51. The lowest BCUT2D eigenvalue weighted by Crippen LogP contribution is -2.50. The minimum atomic E-state index is -4.53. The zero-order valence-electron chi connectivity index (χ0n) is 16.7. The van der Waals surface area contributed by atoms with E-state index in [2.05, 4.69) is 5.10 Å². The molecule has 0 radical (unpaired) electrons. The van der Waals surface area contributed by atoms with Crippen LogP contribution in [-0.2, 0) is 6.18 Å². The minimum Gasteiger partial charge on any atom is -0.335 e. The van der Waals surface area contributed by atoms with Gasteiger partial charge in [0.1, 0.15) is 5.82 Å². The number of halogens is 4. The van der Waals surface area contributed by atoms with Gasteiger partial charge in [-0.2, -0.15) is 18.3 Å². The fourth-order valence-electron chi connectivity index (χ4n) is 3.47. The van der Waals surface area contributed by atoms with E-state index in [1.807, 2.05) is 0 Å². The highest BCUT2D eigenvalue weighted by molar-refractivity contribution is 5.96. The van der Waals surface area contributed by atoms with Gasteiger partial charge in [-0.25, -0.2) is 9.07 Å². The summed E-state index contributed by atoms with van der Waals surface area (Å²) < 4.78 is 52.6. The molecule has 1 fully saturated rings. The number of carbonyl (C=O) groups is 2. The van der Waals surface area contributed by atoms with Crippen molar-refractivity contribution in [2.24, 2.45) is 0 Å². The molecule has 0 atom stereocenters. The molecule has 1 aliphatic heterocycles. The molecule has 10 heteroatoms. The van der Waals surface area contributed by atoms with Crippen molar-refractivity contribution in [1.29, 1.82) is 0 Å². The van der Waals surface area contributed by atoms with Crippen LogP contribution in [0.25, 0.3) is 5.69 Å². The first-order valence-corrected chi connectivity index (χ1v) is 9.80. The maximum Gasteiger partial charge on any atom is 0.435 e. The Morgan fingerprint density at radius 3 is 1.94 bits per heavy atom. The fourth-order valence-corrected chi connectivity index (χ4v) is 3.47. The highest BCUT2D eigenvalue weighted by Crippen LogP contribution is 2.28. The highest BCUT2D eigenvalue weighted by Gasteiger charge is 2.33. The van der Waals surface area contributed by atoms with Gasteiger partial charge in [-0.3, -0.25) is 9.59 Å². The van der Waals surface area contributed by atoms with Crippen molar-refractivity contribution in [3.63, 3.8) is 0 Å². The number of rotatable bonds is 3. The SMILES string of the molecule is O=C(c1ccc(-n2ccc(C(F)(F)F)n2)cc1)N1CCN(C(=O)c2cccc(F)c2)CC1. The van der Waals surface area contributed by atoms with Gasteiger partial charge in [-0.05, 0) is 48.5 Å². The molecule has 0 N–H and O–H groups in total. The van der Waals surface area contributed by atoms with Crippen LogP contribution in [0.15, 0.2) is 60.8 Å². The van der Waals surface area contributed by atoms with Gasteiger partial charge in [0, 0.05) is 43.5 Å². The monoisotopic (exact) mass is 446 g/mol. The van der Waals surface area contributed by atoms with E-state index in [1.54, 1.807) is 15.9 Å². The summed E-state index contributed by atoms with van der Waals surface area (Å²) in [6.07, 6.45) is -3.33. The van der Waals surface area contributed by atoms with Crippen LogP contribution in [-0.4, -0.2) is 57.6 Å². The topological polar surface area (TPSA) is 58.4 Å². The Hall–Kier alpha value is -3.69. The van der Waals surface area contributed by atoms with Gasteiger partial charge in [-0.1, -0.05) is 6.07 Å². The standard InChI is InChI=1S/C22H18F4N4O2/c23-17-3-1-2-16(14-17)21(32)29-12-10-28(11-13-29)20(31)15-4-6-18(7-5-15)30-9-8-19(27-30)22(24,25)26/h1-9,14H,10-13H2. The quantitative estimate of drug-likeness (QED) is 0.578. The van der Waals surface area contributed by atoms with Crippen LogP contribution in [0.5, 0.6) is 0 Å². The van der Waals surface area contributed by atoms with Crippen molar-refractivity contribution in [2.45, 2.75) is 6.18 Å². The normalized spacial score (nSPS) is 14.5. The Labute approximate surface area is 180 Å². The van der Waals surface area contributed by atoms with Crippen molar-refractivity contribution < 1.29 is 27.2 Å². The first-order chi connectivity index (χ1) is 15.2. The zero-order chi connectivity index (χ0) is 22.9. The molecule has 1 saturated heterocycles. The van der Waals surface area contributed by atoms with E-state index in [1.165, 1.54) is 48.7 Å². The minimum absolute atomic E-state index is 0.245. The average Bonchev–Trinajstić information content (AvgIpc) is 3.29. The van der Waals surface area contributed by atoms with Crippen LogP contribution in [0.4, 0.5) is 17.6 Å². The third-order valence-corrected chi connectivity index (χ3v) is 5.18. The van der Waals surface area contributed by atoms with Gasteiger partial charge in [-0.15, -0.1) is 0 Å². The van der Waals surface area contributed by atoms with E-state index in [4.69, 9.17) is 0 Å². The molecule has 4 rings (SSSR count). The average molecular weight is 446 g/mol. The number of amides is 2. The predicted octanol–water partition coefficient (Wildman–Crippen LogP) is 3.63. The first kappa shape index (κ1) is 21.5. The van der Waals surface area contributed by atoms with Crippen molar-refractivity contribution >= 4 is 11.8 Å². The van der Waals surface area contributed by atoms with Crippen LogP contribution in [0.3, 0.4) is 0 Å². The summed E-state index contributed by atoms with van der Waals surface area (Å²) in [7, 11) is 0. The Kier molecular flexibility index (Phi) is 5.68. The molecule has 32 heavy (non-hydrogen) atoms. The third-order valence-electron chi connectivity index (χ3n) is 5.18. The van der Waals surface area contributed by atoms with Gasteiger partial charge in [0.15, 0.2) is 5.69 Å². The predicted molar refractivity (Wildman–Crippen MR) is 107 cm³/mol. The molecule has 2 aromatic carbocycles. The second kappa shape index (κ2) is 8.45. The van der Waals surface area contributed by atoms with Crippen molar-refractivity contribution in [3.8, 4) is 5.69 Å². The molecule has 2 heterocycles. The van der Waals surface area contributed by atoms with E-state index in [-0.39, 0.29) is 17.4 Å². The Bertz CT molecular complexity index is 1130. The molecule has 166 valence electrons. The summed E-state index contributed by atoms with van der Waals surface area (Å²) in [5.74, 6) is -1.03. The van der Waals surface area contributed by atoms with Crippen LogP contribution in [0.2, 0.25) is 0 Å². The summed E-state index contributed by atoms with van der Waals surface area (Å²) in [4.78, 5) is 28.5. The number of carbonyl (C=O) groups excluding carboxylic acids is 2. The molecule has 3 aromatic rings. The molecule has 0 aliphatic carbocycles. The third kappa shape index (κ3) is 4.48. The maximum absolute atomic E-state index is 13.4. The van der Waals surface area contributed by atoms with E-state index >= 15 is 0 Å². The van der Waals surface area contributed by atoms with E-state index in [9.17, 15) is 27.2 Å². The van der Waals surface area contributed by atoms with Crippen LogP contribution in [0, 0.1) is 5.82 Å². The molecule has 2 amide bonds. The van der Waals surface area contributed by atoms with Crippen LogP contribution < -0.4 is 0 Å². The lowest BCUT2D eigenvalue weighted by atomic mass is 10.1. The number of hydrogen-bond donors (Lipinski definition) is 0. The molecule has 0 bridgehead atoms.